The van der Waals surface area contributed by atoms with E-state index in [0.717, 1.165) is 0 Å². The van der Waals surface area contributed by atoms with E-state index in [1.165, 1.54) is 13.1 Å². The van der Waals surface area contributed by atoms with Gasteiger partial charge >= 0.3 is 12.1 Å². The fourth-order valence-electron chi connectivity index (χ4n) is 1.88. The van der Waals surface area contributed by atoms with Gasteiger partial charge < -0.3 is 10.1 Å². The van der Waals surface area contributed by atoms with E-state index >= 15 is 0 Å². The molecule has 0 fully saturated rings. The molecule has 9 heteroatoms. The van der Waals surface area contributed by atoms with Crippen LogP contribution in [0.25, 0.3) is 0 Å². The van der Waals surface area contributed by atoms with Crippen molar-refractivity contribution in [2.45, 2.75) is 19.6 Å². The number of aromatic nitrogens is 2. The molecule has 0 saturated carbocycles. The topological polar surface area (TPSA) is 81.2 Å². The van der Waals surface area contributed by atoms with Gasteiger partial charge in [-0.25, -0.2) is 9.78 Å². The Bertz CT molecular complexity index is 764. The zero-order valence-corrected chi connectivity index (χ0v) is 13.1. The van der Waals surface area contributed by atoms with Crippen molar-refractivity contribution in [3.05, 3.63) is 59.2 Å². The summed E-state index contributed by atoms with van der Waals surface area (Å²) in [5.41, 5.74) is -1.75. The van der Waals surface area contributed by atoms with E-state index in [4.69, 9.17) is 0 Å². The number of hydrogen-bond acceptors (Lipinski definition) is 5. The maximum absolute atomic E-state index is 13.0. The molecule has 0 saturated heterocycles. The summed E-state index contributed by atoms with van der Waals surface area (Å²) in [6.45, 7) is 1.48. The van der Waals surface area contributed by atoms with Crippen LogP contribution in [-0.4, -0.2) is 28.5 Å². The molecular formula is C16H14F3N3O3. The summed E-state index contributed by atoms with van der Waals surface area (Å²) in [4.78, 5) is 31.4. The summed E-state index contributed by atoms with van der Waals surface area (Å²) in [5, 5.41) is 2.41. The Labute approximate surface area is 141 Å². The van der Waals surface area contributed by atoms with Crippen molar-refractivity contribution in [2.24, 2.45) is 0 Å². The van der Waals surface area contributed by atoms with Crippen molar-refractivity contribution in [3.63, 3.8) is 0 Å². The second-order valence-corrected chi connectivity index (χ2v) is 4.85. The van der Waals surface area contributed by atoms with E-state index in [1.54, 1.807) is 18.2 Å². The summed E-state index contributed by atoms with van der Waals surface area (Å²) in [6.07, 6.45) is -3.22. The molecule has 2 rings (SSSR count). The van der Waals surface area contributed by atoms with E-state index in [0.29, 0.717) is 17.8 Å². The monoisotopic (exact) mass is 353 g/mol. The molecule has 0 spiro atoms. The Hall–Kier alpha value is -2.97. The molecule has 0 atom stereocenters. The minimum atomic E-state index is -4.74. The van der Waals surface area contributed by atoms with Crippen molar-refractivity contribution in [1.29, 1.82) is 0 Å². The van der Waals surface area contributed by atoms with Crippen molar-refractivity contribution in [1.82, 2.24) is 15.3 Å². The van der Waals surface area contributed by atoms with E-state index in [9.17, 15) is 22.8 Å². The molecule has 0 aliphatic rings. The molecule has 1 N–H and O–H groups in total. The third-order valence-corrected chi connectivity index (χ3v) is 3.03. The summed E-state index contributed by atoms with van der Waals surface area (Å²) >= 11 is 0. The van der Waals surface area contributed by atoms with Crippen LogP contribution in [0, 0.1) is 0 Å². The Morgan fingerprint density at radius 3 is 2.52 bits per heavy atom. The molecule has 25 heavy (non-hydrogen) atoms. The number of nitrogens with one attached hydrogen (secondary N) is 1. The third-order valence-electron chi connectivity index (χ3n) is 3.03. The van der Waals surface area contributed by atoms with E-state index in [-0.39, 0.29) is 13.2 Å². The number of ether oxygens (including phenoxy) is 1. The van der Waals surface area contributed by atoms with Crippen LogP contribution in [0.2, 0.25) is 0 Å². The van der Waals surface area contributed by atoms with Gasteiger partial charge in [-0.1, -0.05) is 6.07 Å². The van der Waals surface area contributed by atoms with E-state index < -0.39 is 35.0 Å². The quantitative estimate of drug-likeness (QED) is 0.836. The minimum Gasteiger partial charge on any atom is -0.461 e. The summed E-state index contributed by atoms with van der Waals surface area (Å²) < 4.78 is 43.6. The fraction of sp³-hybridized carbons (Fsp3) is 0.250. The molecule has 0 aliphatic carbocycles. The van der Waals surface area contributed by atoms with Crippen LogP contribution in [-0.2, 0) is 17.5 Å². The lowest BCUT2D eigenvalue weighted by Gasteiger charge is -2.11. The normalized spacial score (nSPS) is 11.0. The maximum atomic E-state index is 13.0. The minimum absolute atomic E-state index is 0.00629. The molecule has 1 amide bonds. The van der Waals surface area contributed by atoms with Gasteiger partial charge in [-0.2, -0.15) is 13.2 Å². The first-order valence-electron chi connectivity index (χ1n) is 7.25. The molecule has 0 unspecified atom stereocenters. The molecule has 132 valence electrons. The molecule has 2 heterocycles. The van der Waals surface area contributed by atoms with Crippen molar-refractivity contribution in [2.75, 3.05) is 6.61 Å². The highest BCUT2D eigenvalue weighted by Crippen LogP contribution is 2.30. The first-order chi connectivity index (χ1) is 11.8. The number of carbonyl (C=O) groups excluding carboxylic acids is 2. The smallest absolute Gasteiger partial charge is 0.416 e. The highest BCUT2D eigenvalue weighted by Gasteiger charge is 2.33. The lowest BCUT2D eigenvalue weighted by molar-refractivity contribution is -0.137. The summed E-state index contributed by atoms with van der Waals surface area (Å²) in [7, 11) is 0. The highest BCUT2D eigenvalue weighted by atomic mass is 19.4. The maximum Gasteiger partial charge on any atom is 0.416 e. The second kappa shape index (κ2) is 7.73. The zero-order chi connectivity index (χ0) is 18.4. The number of hydrogen-bond donors (Lipinski definition) is 1. The molecule has 0 radical (unpaired) electrons. The Morgan fingerprint density at radius 2 is 1.92 bits per heavy atom. The second-order valence-electron chi connectivity index (χ2n) is 4.85. The first kappa shape index (κ1) is 18.4. The molecule has 0 aromatic carbocycles. The number of halogens is 3. The lowest BCUT2D eigenvalue weighted by Crippen LogP contribution is -2.26. The van der Waals surface area contributed by atoms with Crippen molar-refractivity contribution >= 4 is 11.9 Å². The van der Waals surface area contributed by atoms with Crippen molar-refractivity contribution < 1.29 is 27.5 Å². The highest BCUT2D eigenvalue weighted by molar-refractivity contribution is 5.94. The first-order valence-corrected chi connectivity index (χ1v) is 7.25. The average molecular weight is 353 g/mol. The van der Waals surface area contributed by atoms with Gasteiger partial charge in [-0.05, 0) is 31.2 Å². The Balaban J connectivity index is 2.27. The largest absolute Gasteiger partial charge is 0.461 e. The van der Waals surface area contributed by atoms with Gasteiger partial charge in [0.15, 0.2) is 0 Å². The predicted molar refractivity (Wildman–Crippen MR) is 80.6 cm³/mol. The predicted octanol–water partition coefficient (Wildman–Crippen LogP) is 2.60. The van der Waals surface area contributed by atoms with Gasteiger partial charge in [0.2, 0.25) is 0 Å². The fourth-order valence-corrected chi connectivity index (χ4v) is 1.88. The number of rotatable bonds is 5. The molecule has 0 bridgehead atoms. The van der Waals surface area contributed by atoms with Crippen molar-refractivity contribution in [3.8, 4) is 0 Å². The van der Waals surface area contributed by atoms with E-state index in [1.807, 2.05) is 0 Å². The zero-order valence-electron chi connectivity index (χ0n) is 13.1. The molecule has 2 aromatic heterocycles. The average Bonchev–Trinajstić information content (AvgIpc) is 2.59. The van der Waals surface area contributed by atoms with Gasteiger partial charge in [-0.3, -0.25) is 9.78 Å². The lowest BCUT2D eigenvalue weighted by atomic mass is 10.1. The Kier molecular flexibility index (Phi) is 5.68. The van der Waals surface area contributed by atoms with Crippen LogP contribution in [0.15, 0.2) is 36.5 Å². The van der Waals surface area contributed by atoms with Crippen LogP contribution in [0.3, 0.4) is 0 Å². The van der Waals surface area contributed by atoms with Crippen LogP contribution < -0.4 is 5.32 Å². The van der Waals surface area contributed by atoms with Gasteiger partial charge in [0, 0.05) is 6.20 Å². The van der Waals surface area contributed by atoms with Gasteiger partial charge in [0.1, 0.15) is 11.4 Å². The molecule has 2 aromatic rings. The number of alkyl halides is 3. The third kappa shape index (κ3) is 5.00. The number of nitrogens with zero attached hydrogens (tertiary/aromatic N) is 2. The van der Waals surface area contributed by atoms with Crippen LogP contribution in [0.5, 0.6) is 0 Å². The number of pyridine rings is 2. The number of amides is 1. The van der Waals surface area contributed by atoms with Crippen LogP contribution >= 0.6 is 0 Å². The van der Waals surface area contributed by atoms with Gasteiger partial charge in [0.05, 0.1) is 24.4 Å². The van der Waals surface area contributed by atoms with Crippen LogP contribution in [0.1, 0.15) is 39.2 Å². The SMILES string of the molecule is CCOC(=O)c1cc(C(F)(F)F)cc(C(=O)NCc2ccccn2)n1. The Morgan fingerprint density at radius 1 is 1.20 bits per heavy atom. The molecule has 0 aliphatic heterocycles. The number of esters is 1. The number of carbonyl (C=O) groups is 2. The molecule has 6 nitrogen and oxygen atoms in total. The molecular weight excluding hydrogens is 339 g/mol. The summed E-state index contributed by atoms with van der Waals surface area (Å²) in [5.74, 6) is -1.89. The van der Waals surface area contributed by atoms with Gasteiger partial charge in [0.25, 0.3) is 5.91 Å². The van der Waals surface area contributed by atoms with E-state index in [2.05, 4.69) is 20.0 Å². The standard InChI is InChI=1S/C16H14F3N3O3/c1-2-25-15(24)13-8-10(16(17,18)19)7-12(22-13)14(23)21-9-11-5-3-4-6-20-11/h3-8H,2,9H2,1H3,(H,21,23). The summed E-state index contributed by atoms with van der Waals surface area (Å²) in [6, 6.07) is 6.16. The van der Waals surface area contributed by atoms with Crippen LogP contribution in [0.4, 0.5) is 13.2 Å². The van der Waals surface area contributed by atoms with Gasteiger partial charge in [-0.15, -0.1) is 0 Å².